The zero-order chi connectivity index (χ0) is 18.3. The van der Waals surface area contributed by atoms with Gasteiger partial charge in [-0.15, -0.1) is 11.3 Å². The summed E-state index contributed by atoms with van der Waals surface area (Å²) in [6, 6.07) is 1.77. The van der Waals surface area contributed by atoms with Gasteiger partial charge < -0.3 is 9.80 Å². The molecule has 26 heavy (non-hydrogen) atoms. The molecule has 136 valence electrons. The van der Waals surface area contributed by atoms with Crippen molar-refractivity contribution in [2.45, 2.75) is 20.3 Å². The van der Waals surface area contributed by atoms with Crippen molar-refractivity contribution in [2.24, 2.45) is 7.05 Å². The zero-order valence-corrected chi connectivity index (χ0v) is 16.1. The van der Waals surface area contributed by atoms with E-state index in [1.807, 2.05) is 11.9 Å². The monoisotopic (exact) mass is 370 g/mol. The summed E-state index contributed by atoms with van der Waals surface area (Å²) in [6.45, 7) is 7.31. The van der Waals surface area contributed by atoms with Gasteiger partial charge in [0.25, 0.3) is 5.91 Å². The van der Waals surface area contributed by atoms with E-state index < -0.39 is 0 Å². The van der Waals surface area contributed by atoms with Crippen LogP contribution in [0.25, 0.3) is 10.2 Å². The van der Waals surface area contributed by atoms with Crippen LogP contribution in [0.4, 0.5) is 5.82 Å². The quantitative estimate of drug-likeness (QED) is 0.693. The summed E-state index contributed by atoms with van der Waals surface area (Å²) in [7, 11) is 1.83. The molecule has 1 aliphatic heterocycles. The number of fused-ring (bicyclic) bond motifs is 1. The second kappa shape index (κ2) is 6.68. The predicted molar refractivity (Wildman–Crippen MR) is 103 cm³/mol. The van der Waals surface area contributed by atoms with Gasteiger partial charge in [-0.3, -0.25) is 9.48 Å². The number of hydrogen-bond acceptors (Lipinski definition) is 6. The molecule has 3 aromatic rings. The van der Waals surface area contributed by atoms with Crippen LogP contribution < -0.4 is 4.90 Å². The van der Waals surface area contributed by atoms with Gasteiger partial charge in [-0.25, -0.2) is 9.97 Å². The highest BCUT2D eigenvalue weighted by molar-refractivity contribution is 7.18. The number of aromatic nitrogens is 4. The van der Waals surface area contributed by atoms with Crippen LogP contribution in [0.5, 0.6) is 0 Å². The van der Waals surface area contributed by atoms with Crippen LogP contribution in [-0.4, -0.2) is 56.7 Å². The Labute approximate surface area is 156 Å². The summed E-state index contributed by atoms with van der Waals surface area (Å²) < 4.78 is 1.66. The molecule has 4 heterocycles. The molecule has 0 bridgehead atoms. The molecule has 0 N–H and O–H groups in total. The molecule has 0 atom stereocenters. The molecule has 1 amide bonds. The maximum atomic E-state index is 12.7. The van der Waals surface area contributed by atoms with Gasteiger partial charge in [0.1, 0.15) is 22.7 Å². The second-order valence-electron chi connectivity index (χ2n) is 6.67. The lowest BCUT2D eigenvalue weighted by atomic mass is 10.2. The van der Waals surface area contributed by atoms with Crippen molar-refractivity contribution in [3.8, 4) is 0 Å². The molecule has 0 unspecified atom stereocenters. The fourth-order valence-electron chi connectivity index (χ4n) is 3.43. The van der Waals surface area contributed by atoms with E-state index in [0.717, 1.165) is 42.1 Å². The minimum Gasteiger partial charge on any atom is -0.354 e. The summed E-state index contributed by atoms with van der Waals surface area (Å²) in [4.78, 5) is 28.2. The Morgan fingerprint density at radius 1 is 1.15 bits per heavy atom. The predicted octanol–water partition coefficient (Wildman–Crippen LogP) is 2.39. The molecular formula is C18H22N6OS. The normalized spacial score (nSPS) is 15.5. The Morgan fingerprint density at radius 3 is 2.77 bits per heavy atom. The Kier molecular flexibility index (Phi) is 4.36. The van der Waals surface area contributed by atoms with E-state index in [4.69, 9.17) is 0 Å². The average Bonchev–Trinajstić information content (AvgIpc) is 3.08. The number of carbonyl (C=O) groups excluding carboxylic acids is 1. The van der Waals surface area contributed by atoms with Gasteiger partial charge in [0.2, 0.25) is 0 Å². The zero-order valence-electron chi connectivity index (χ0n) is 15.3. The maximum absolute atomic E-state index is 12.7. The van der Waals surface area contributed by atoms with Gasteiger partial charge in [0.15, 0.2) is 0 Å². The Bertz CT molecular complexity index is 962. The van der Waals surface area contributed by atoms with Crippen molar-refractivity contribution in [3.05, 3.63) is 34.7 Å². The van der Waals surface area contributed by atoms with Crippen molar-refractivity contribution >= 4 is 33.3 Å². The fourth-order valence-corrected chi connectivity index (χ4v) is 4.42. The lowest BCUT2D eigenvalue weighted by molar-refractivity contribution is 0.0760. The summed E-state index contributed by atoms with van der Waals surface area (Å²) in [6.07, 6.45) is 4.36. The van der Waals surface area contributed by atoms with E-state index in [1.165, 1.54) is 10.4 Å². The summed E-state index contributed by atoms with van der Waals surface area (Å²) in [5, 5.41) is 5.39. The highest BCUT2D eigenvalue weighted by Gasteiger charge is 2.24. The number of anilines is 1. The molecule has 8 heteroatoms. The van der Waals surface area contributed by atoms with Crippen LogP contribution >= 0.6 is 11.3 Å². The first-order valence-corrected chi connectivity index (χ1v) is 9.61. The van der Waals surface area contributed by atoms with Crippen LogP contribution in [0, 0.1) is 13.8 Å². The number of hydrogen-bond donors (Lipinski definition) is 0. The number of nitrogens with zero attached hydrogens (tertiary/aromatic N) is 6. The standard InChI is InChI=1S/C18H22N6OS/c1-12-13(2)26-17-15(12)16(19-11-20-17)23-6-4-7-24(10-9-23)18(25)14-5-8-22(3)21-14/h5,8,11H,4,6-7,9-10H2,1-3H3. The second-order valence-corrected chi connectivity index (χ2v) is 7.87. The summed E-state index contributed by atoms with van der Waals surface area (Å²) in [5.41, 5.74) is 1.76. The lowest BCUT2D eigenvalue weighted by Crippen LogP contribution is -2.35. The molecule has 7 nitrogen and oxygen atoms in total. The smallest absolute Gasteiger partial charge is 0.274 e. The Balaban J connectivity index is 1.57. The Morgan fingerprint density at radius 2 is 2.00 bits per heavy atom. The topological polar surface area (TPSA) is 67.2 Å². The Hall–Kier alpha value is -2.48. The van der Waals surface area contributed by atoms with Crippen LogP contribution in [0.15, 0.2) is 18.6 Å². The molecule has 0 aliphatic carbocycles. The third-order valence-corrected chi connectivity index (χ3v) is 6.08. The summed E-state index contributed by atoms with van der Waals surface area (Å²) in [5.74, 6) is 0.992. The van der Waals surface area contributed by atoms with Crippen LogP contribution in [0.1, 0.15) is 27.3 Å². The van der Waals surface area contributed by atoms with Gasteiger partial charge in [-0.2, -0.15) is 5.10 Å². The van der Waals surface area contributed by atoms with Gasteiger partial charge in [0.05, 0.1) is 5.39 Å². The highest BCUT2D eigenvalue weighted by Crippen LogP contribution is 2.34. The van der Waals surface area contributed by atoms with E-state index in [0.29, 0.717) is 12.2 Å². The van der Waals surface area contributed by atoms with Crippen molar-refractivity contribution in [1.82, 2.24) is 24.6 Å². The molecule has 0 saturated carbocycles. The molecule has 3 aromatic heterocycles. The van der Waals surface area contributed by atoms with Gasteiger partial charge in [-0.1, -0.05) is 0 Å². The van der Waals surface area contributed by atoms with E-state index in [1.54, 1.807) is 34.6 Å². The molecule has 4 rings (SSSR count). The maximum Gasteiger partial charge on any atom is 0.274 e. The minimum atomic E-state index is 0.00263. The third kappa shape index (κ3) is 2.94. The first-order valence-electron chi connectivity index (χ1n) is 8.79. The molecule has 1 aliphatic rings. The minimum absolute atomic E-state index is 0.00263. The van der Waals surface area contributed by atoms with Gasteiger partial charge >= 0.3 is 0 Å². The number of aryl methyl sites for hydroxylation is 3. The molecule has 0 spiro atoms. The van der Waals surface area contributed by atoms with E-state index in [-0.39, 0.29) is 5.91 Å². The van der Waals surface area contributed by atoms with Crippen LogP contribution in [0.2, 0.25) is 0 Å². The molecule has 0 aromatic carbocycles. The van der Waals surface area contributed by atoms with Gasteiger partial charge in [-0.05, 0) is 31.9 Å². The first kappa shape index (κ1) is 17.0. The molecule has 1 fully saturated rings. The third-order valence-electron chi connectivity index (χ3n) is 4.96. The lowest BCUT2D eigenvalue weighted by Gasteiger charge is -2.23. The number of rotatable bonds is 2. The van der Waals surface area contributed by atoms with Crippen molar-refractivity contribution in [3.63, 3.8) is 0 Å². The van der Waals surface area contributed by atoms with Crippen LogP contribution in [0.3, 0.4) is 0 Å². The van der Waals surface area contributed by atoms with Crippen molar-refractivity contribution < 1.29 is 4.79 Å². The van der Waals surface area contributed by atoms with Crippen molar-refractivity contribution in [1.29, 1.82) is 0 Å². The molecule has 1 saturated heterocycles. The van der Waals surface area contributed by atoms with E-state index in [2.05, 4.69) is 33.8 Å². The van der Waals surface area contributed by atoms with Crippen LogP contribution in [-0.2, 0) is 7.05 Å². The number of amides is 1. The van der Waals surface area contributed by atoms with E-state index >= 15 is 0 Å². The highest BCUT2D eigenvalue weighted by atomic mass is 32.1. The average molecular weight is 370 g/mol. The largest absolute Gasteiger partial charge is 0.354 e. The molecule has 0 radical (unpaired) electrons. The number of carbonyl (C=O) groups is 1. The molecular weight excluding hydrogens is 348 g/mol. The number of thiophene rings is 1. The van der Waals surface area contributed by atoms with Crippen molar-refractivity contribution in [2.75, 3.05) is 31.1 Å². The SMILES string of the molecule is Cc1sc2ncnc(N3CCCN(C(=O)c4ccn(C)n4)CC3)c2c1C. The van der Waals surface area contributed by atoms with E-state index in [9.17, 15) is 4.79 Å². The first-order chi connectivity index (χ1) is 12.5. The summed E-state index contributed by atoms with van der Waals surface area (Å²) >= 11 is 1.71. The van der Waals surface area contributed by atoms with Gasteiger partial charge in [0, 0.05) is 44.3 Å². The fraction of sp³-hybridized carbons (Fsp3) is 0.444.